The molecule has 0 bridgehead atoms. The van der Waals surface area contributed by atoms with Crippen molar-refractivity contribution in [3.63, 3.8) is 0 Å². The summed E-state index contributed by atoms with van der Waals surface area (Å²) in [5, 5.41) is 0. The molecule has 0 saturated heterocycles. The van der Waals surface area contributed by atoms with E-state index in [-0.39, 0.29) is 11.2 Å². The zero-order valence-electron chi connectivity index (χ0n) is 14.3. The van der Waals surface area contributed by atoms with Gasteiger partial charge in [0.25, 0.3) is 0 Å². The number of hydrogen-bond acceptors (Lipinski definition) is 3. The monoisotopic (exact) mass is 312 g/mol. The summed E-state index contributed by atoms with van der Waals surface area (Å²) >= 11 is 0. The summed E-state index contributed by atoms with van der Waals surface area (Å²) < 4.78 is 11.2. The van der Waals surface area contributed by atoms with E-state index in [2.05, 4.69) is 0 Å². The van der Waals surface area contributed by atoms with Gasteiger partial charge in [-0.3, -0.25) is 4.79 Å². The maximum atomic E-state index is 12.2. The first-order valence-corrected chi connectivity index (χ1v) is 7.77. The first-order valence-electron chi connectivity index (χ1n) is 7.77. The van der Waals surface area contributed by atoms with Gasteiger partial charge in [0.15, 0.2) is 11.5 Å². The minimum absolute atomic E-state index is 0.205. The molecular formula is C20H24O3. The number of carbonyl (C=O) groups is 1. The van der Waals surface area contributed by atoms with Crippen LogP contribution < -0.4 is 9.47 Å². The minimum atomic E-state index is -0.342. The van der Waals surface area contributed by atoms with Crippen molar-refractivity contribution in [2.75, 3.05) is 7.11 Å². The standard InChI is InChI=1S/C20H24O3/c1-20(2,3)19(21)13-16-10-11-17(22-4)18(12-16)23-14-15-8-6-5-7-9-15/h5-12H,13-14H2,1-4H3. The molecule has 0 radical (unpaired) electrons. The van der Waals surface area contributed by atoms with E-state index >= 15 is 0 Å². The Morgan fingerprint density at radius 1 is 0.957 bits per heavy atom. The van der Waals surface area contributed by atoms with Crippen molar-refractivity contribution in [1.82, 2.24) is 0 Å². The smallest absolute Gasteiger partial charge is 0.161 e. The first kappa shape index (κ1) is 17.1. The molecule has 0 amide bonds. The quantitative estimate of drug-likeness (QED) is 0.791. The number of carbonyl (C=O) groups excluding carboxylic acids is 1. The molecule has 0 atom stereocenters. The van der Waals surface area contributed by atoms with E-state index in [1.165, 1.54) is 0 Å². The van der Waals surface area contributed by atoms with E-state index in [1.807, 2.05) is 69.3 Å². The molecule has 23 heavy (non-hydrogen) atoms. The van der Waals surface area contributed by atoms with Gasteiger partial charge in [-0.25, -0.2) is 0 Å². The van der Waals surface area contributed by atoms with Gasteiger partial charge in [0.05, 0.1) is 7.11 Å². The average molecular weight is 312 g/mol. The molecular weight excluding hydrogens is 288 g/mol. The largest absolute Gasteiger partial charge is 0.493 e. The highest BCUT2D eigenvalue weighted by atomic mass is 16.5. The van der Waals surface area contributed by atoms with Gasteiger partial charge in [-0.05, 0) is 23.3 Å². The van der Waals surface area contributed by atoms with E-state index in [4.69, 9.17) is 9.47 Å². The van der Waals surface area contributed by atoms with E-state index in [9.17, 15) is 4.79 Å². The maximum Gasteiger partial charge on any atom is 0.161 e. The fourth-order valence-electron chi connectivity index (χ4n) is 2.13. The summed E-state index contributed by atoms with van der Waals surface area (Å²) in [4.78, 5) is 12.2. The maximum absolute atomic E-state index is 12.2. The predicted octanol–water partition coefficient (Wildman–Crippen LogP) is 4.43. The van der Waals surface area contributed by atoms with E-state index in [0.29, 0.717) is 24.5 Å². The van der Waals surface area contributed by atoms with Crippen LogP contribution in [-0.4, -0.2) is 12.9 Å². The molecule has 0 aliphatic carbocycles. The Hall–Kier alpha value is -2.29. The van der Waals surface area contributed by atoms with Gasteiger partial charge in [-0.1, -0.05) is 57.2 Å². The summed E-state index contributed by atoms with van der Waals surface area (Å²) in [5.74, 6) is 1.54. The van der Waals surface area contributed by atoms with Crippen LogP contribution in [0.4, 0.5) is 0 Å². The van der Waals surface area contributed by atoms with E-state index < -0.39 is 0 Å². The molecule has 0 aliphatic rings. The Balaban J connectivity index is 2.14. The van der Waals surface area contributed by atoms with Gasteiger partial charge in [-0.2, -0.15) is 0 Å². The van der Waals surface area contributed by atoms with Crippen molar-refractivity contribution >= 4 is 5.78 Å². The lowest BCUT2D eigenvalue weighted by atomic mass is 9.87. The highest BCUT2D eigenvalue weighted by molar-refractivity contribution is 5.85. The van der Waals surface area contributed by atoms with Crippen molar-refractivity contribution in [2.45, 2.75) is 33.8 Å². The van der Waals surface area contributed by atoms with Crippen LogP contribution in [0.5, 0.6) is 11.5 Å². The summed E-state index contributed by atoms with van der Waals surface area (Å²) in [6, 6.07) is 15.6. The molecule has 0 aromatic heterocycles. The molecule has 2 aromatic rings. The molecule has 2 aromatic carbocycles. The van der Waals surface area contributed by atoms with Crippen LogP contribution >= 0.6 is 0 Å². The lowest BCUT2D eigenvalue weighted by Gasteiger charge is -2.17. The molecule has 0 fully saturated rings. The van der Waals surface area contributed by atoms with Gasteiger partial charge in [0.2, 0.25) is 0 Å². The minimum Gasteiger partial charge on any atom is -0.493 e. The second-order valence-electron chi connectivity index (χ2n) is 6.61. The van der Waals surface area contributed by atoms with E-state index in [1.54, 1.807) is 7.11 Å². The van der Waals surface area contributed by atoms with Gasteiger partial charge in [0.1, 0.15) is 12.4 Å². The lowest BCUT2D eigenvalue weighted by molar-refractivity contribution is -0.125. The van der Waals surface area contributed by atoms with Crippen LogP contribution in [0.2, 0.25) is 0 Å². The summed E-state index contributed by atoms with van der Waals surface area (Å²) in [5.41, 5.74) is 1.69. The Kier molecular flexibility index (Phi) is 5.43. The van der Waals surface area contributed by atoms with Crippen LogP contribution in [0.3, 0.4) is 0 Å². The number of ketones is 1. The molecule has 3 heteroatoms. The summed E-state index contributed by atoms with van der Waals surface area (Å²) in [7, 11) is 1.62. The molecule has 122 valence electrons. The highest BCUT2D eigenvalue weighted by Crippen LogP contribution is 2.30. The first-order chi connectivity index (χ1) is 10.9. The number of ether oxygens (including phenoxy) is 2. The Bertz CT molecular complexity index is 654. The Morgan fingerprint density at radius 3 is 2.26 bits per heavy atom. The summed E-state index contributed by atoms with van der Waals surface area (Å²) in [6.07, 6.45) is 0.398. The predicted molar refractivity (Wildman–Crippen MR) is 91.9 cm³/mol. The topological polar surface area (TPSA) is 35.5 Å². The number of rotatable bonds is 6. The molecule has 0 spiro atoms. The molecule has 0 unspecified atom stereocenters. The normalized spacial score (nSPS) is 11.1. The SMILES string of the molecule is COc1ccc(CC(=O)C(C)(C)C)cc1OCc1ccccc1. The van der Waals surface area contributed by atoms with Crippen molar-refractivity contribution in [1.29, 1.82) is 0 Å². The zero-order chi connectivity index (χ0) is 16.9. The molecule has 0 heterocycles. The number of benzene rings is 2. The fourth-order valence-corrected chi connectivity index (χ4v) is 2.13. The molecule has 0 N–H and O–H groups in total. The Labute approximate surface area is 138 Å². The summed E-state index contributed by atoms with van der Waals surface area (Å²) in [6.45, 7) is 6.27. The number of methoxy groups -OCH3 is 1. The van der Waals surface area contributed by atoms with Gasteiger partial charge in [0, 0.05) is 11.8 Å². The Morgan fingerprint density at radius 2 is 1.65 bits per heavy atom. The van der Waals surface area contributed by atoms with Gasteiger partial charge < -0.3 is 9.47 Å². The van der Waals surface area contributed by atoms with E-state index in [0.717, 1.165) is 11.1 Å². The van der Waals surface area contributed by atoms with Gasteiger partial charge in [-0.15, -0.1) is 0 Å². The van der Waals surface area contributed by atoms with Crippen LogP contribution in [0, 0.1) is 5.41 Å². The van der Waals surface area contributed by atoms with Crippen LogP contribution in [-0.2, 0) is 17.8 Å². The van der Waals surface area contributed by atoms with Crippen LogP contribution in [0.1, 0.15) is 31.9 Å². The third-order valence-electron chi connectivity index (χ3n) is 3.67. The number of Topliss-reactive ketones (excluding diaryl/α,β-unsaturated/α-hetero) is 1. The van der Waals surface area contributed by atoms with Crippen molar-refractivity contribution in [2.24, 2.45) is 5.41 Å². The molecule has 0 aliphatic heterocycles. The average Bonchev–Trinajstić information content (AvgIpc) is 2.53. The third-order valence-corrected chi connectivity index (χ3v) is 3.67. The van der Waals surface area contributed by atoms with Crippen molar-refractivity contribution in [3.8, 4) is 11.5 Å². The second kappa shape index (κ2) is 7.32. The second-order valence-corrected chi connectivity index (χ2v) is 6.61. The molecule has 3 nitrogen and oxygen atoms in total. The fraction of sp³-hybridized carbons (Fsp3) is 0.350. The zero-order valence-corrected chi connectivity index (χ0v) is 14.3. The third kappa shape index (κ3) is 4.85. The lowest BCUT2D eigenvalue weighted by Crippen LogP contribution is -2.22. The molecule has 2 rings (SSSR count). The van der Waals surface area contributed by atoms with Gasteiger partial charge >= 0.3 is 0 Å². The van der Waals surface area contributed by atoms with Crippen LogP contribution in [0.25, 0.3) is 0 Å². The van der Waals surface area contributed by atoms with Crippen molar-refractivity contribution in [3.05, 3.63) is 59.7 Å². The van der Waals surface area contributed by atoms with Crippen molar-refractivity contribution < 1.29 is 14.3 Å². The molecule has 0 saturated carbocycles. The number of hydrogen-bond donors (Lipinski definition) is 0. The van der Waals surface area contributed by atoms with Crippen LogP contribution in [0.15, 0.2) is 48.5 Å². The highest BCUT2D eigenvalue weighted by Gasteiger charge is 2.21.